The molecule has 0 saturated heterocycles. The molecule has 3 rings (SSSR count). The number of aromatic hydroxyl groups is 1. The monoisotopic (exact) mass is 382 g/mol. The van der Waals surface area contributed by atoms with Crippen LogP contribution < -0.4 is 0 Å². The second kappa shape index (κ2) is 8.57. The van der Waals surface area contributed by atoms with Crippen molar-refractivity contribution in [1.29, 1.82) is 10.5 Å². The van der Waals surface area contributed by atoms with Crippen molar-refractivity contribution in [3.05, 3.63) is 79.9 Å². The second-order valence-corrected chi connectivity index (χ2v) is 7.38. The zero-order valence-corrected chi connectivity index (χ0v) is 15.5. The highest BCUT2D eigenvalue weighted by atomic mass is 32.1. The molecule has 1 aromatic carbocycles. The fourth-order valence-electron chi connectivity index (χ4n) is 2.03. The van der Waals surface area contributed by atoms with E-state index >= 15 is 0 Å². The number of hydrogen-bond donors (Lipinski definition) is 1. The SMILES string of the molecule is N#CC(C#N)=Cc1ccc(C#Cc2ccc(C#Cc3ccc(O)s3)cc2)s1. The predicted molar refractivity (Wildman–Crippen MR) is 108 cm³/mol. The molecular formula is C22H10N2OS2. The Morgan fingerprint density at radius 2 is 1.30 bits per heavy atom. The quantitative estimate of drug-likeness (QED) is 0.488. The van der Waals surface area contributed by atoms with E-state index in [-0.39, 0.29) is 10.6 Å². The van der Waals surface area contributed by atoms with Crippen molar-refractivity contribution in [1.82, 2.24) is 0 Å². The van der Waals surface area contributed by atoms with Crippen LogP contribution >= 0.6 is 22.7 Å². The summed E-state index contributed by atoms with van der Waals surface area (Å²) in [5.74, 6) is 12.2. The highest BCUT2D eigenvalue weighted by Crippen LogP contribution is 2.21. The Labute approximate surface area is 165 Å². The summed E-state index contributed by atoms with van der Waals surface area (Å²) in [6.07, 6.45) is 1.55. The summed E-state index contributed by atoms with van der Waals surface area (Å²) in [7, 11) is 0. The lowest BCUT2D eigenvalue weighted by Crippen LogP contribution is -1.77. The predicted octanol–water partition coefficient (Wildman–Crippen LogP) is 4.75. The Morgan fingerprint density at radius 3 is 1.81 bits per heavy atom. The smallest absolute Gasteiger partial charge is 0.172 e. The van der Waals surface area contributed by atoms with Crippen LogP contribution in [-0.4, -0.2) is 5.11 Å². The van der Waals surface area contributed by atoms with Gasteiger partial charge in [0.1, 0.15) is 17.7 Å². The number of allylic oxidation sites excluding steroid dienone is 1. The molecule has 0 aliphatic carbocycles. The van der Waals surface area contributed by atoms with E-state index in [1.165, 1.54) is 22.7 Å². The van der Waals surface area contributed by atoms with Crippen LogP contribution in [0.25, 0.3) is 6.08 Å². The molecule has 1 N–H and O–H groups in total. The molecule has 5 heteroatoms. The van der Waals surface area contributed by atoms with Gasteiger partial charge in [0.05, 0.1) is 9.75 Å². The van der Waals surface area contributed by atoms with Gasteiger partial charge in [-0.25, -0.2) is 0 Å². The van der Waals surface area contributed by atoms with Crippen molar-refractivity contribution >= 4 is 28.7 Å². The van der Waals surface area contributed by atoms with Gasteiger partial charge in [0.25, 0.3) is 0 Å². The van der Waals surface area contributed by atoms with Crippen LogP contribution in [0.2, 0.25) is 0 Å². The first-order chi connectivity index (χ1) is 13.2. The molecule has 2 heterocycles. The van der Waals surface area contributed by atoms with E-state index in [4.69, 9.17) is 10.5 Å². The van der Waals surface area contributed by atoms with Gasteiger partial charge in [-0.1, -0.05) is 35.0 Å². The van der Waals surface area contributed by atoms with Gasteiger partial charge in [-0.3, -0.25) is 0 Å². The van der Waals surface area contributed by atoms with Crippen LogP contribution in [0.5, 0.6) is 5.06 Å². The van der Waals surface area contributed by atoms with Gasteiger partial charge in [0.2, 0.25) is 0 Å². The molecule has 0 saturated carbocycles. The average molecular weight is 382 g/mol. The normalized spacial score (nSPS) is 8.96. The van der Waals surface area contributed by atoms with E-state index in [2.05, 4.69) is 23.7 Å². The largest absolute Gasteiger partial charge is 0.499 e. The lowest BCUT2D eigenvalue weighted by Gasteiger charge is -1.91. The minimum atomic E-state index is 0.0748. The van der Waals surface area contributed by atoms with E-state index in [9.17, 15) is 5.11 Å². The molecule has 0 fully saturated rings. The van der Waals surface area contributed by atoms with Crippen LogP contribution in [0.4, 0.5) is 0 Å². The third-order valence-corrected chi connectivity index (χ3v) is 5.04. The number of nitriles is 2. The number of benzene rings is 1. The van der Waals surface area contributed by atoms with Crippen LogP contribution in [0.15, 0.2) is 54.1 Å². The molecule has 0 aliphatic rings. The summed E-state index contributed by atoms with van der Waals surface area (Å²) < 4.78 is 0. The molecule has 0 bridgehead atoms. The molecule has 0 amide bonds. The summed E-state index contributed by atoms with van der Waals surface area (Å²) in [5, 5.41) is 27.1. The van der Waals surface area contributed by atoms with Gasteiger partial charge >= 0.3 is 0 Å². The van der Waals surface area contributed by atoms with Gasteiger partial charge in [0, 0.05) is 16.0 Å². The maximum absolute atomic E-state index is 9.31. The van der Waals surface area contributed by atoms with E-state index in [0.717, 1.165) is 25.8 Å². The van der Waals surface area contributed by atoms with Gasteiger partial charge in [-0.2, -0.15) is 10.5 Å². The maximum Gasteiger partial charge on any atom is 0.172 e. The molecule has 0 atom stereocenters. The zero-order valence-electron chi connectivity index (χ0n) is 13.9. The maximum atomic E-state index is 9.31. The zero-order chi connectivity index (χ0) is 19.1. The Kier molecular flexibility index (Phi) is 5.73. The molecule has 2 aromatic heterocycles. The van der Waals surface area contributed by atoms with Crippen molar-refractivity contribution in [2.24, 2.45) is 0 Å². The van der Waals surface area contributed by atoms with Crippen LogP contribution in [0.1, 0.15) is 25.8 Å². The van der Waals surface area contributed by atoms with Crippen molar-refractivity contribution in [3.8, 4) is 40.9 Å². The Balaban J connectivity index is 1.71. The van der Waals surface area contributed by atoms with Crippen LogP contribution in [-0.2, 0) is 0 Å². The minimum absolute atomic E-state index is 0.0748. The van der Waals surface area contributed by atoms with Crippen molar-refractivity contribution < 1.29 is 5.11 Å². The summed E-state index contributed by atoms with van der Waals surface area (Å²) in [4.78, 5) is 2.50. The summed E-state index contributed by atoms with van der Waals surface area (Å²) >= 11 is 2.67. The highest BCUT2D eigenvalue weighted by molar-refractivity contribution is 7.14. The number of nitrogens with zero attached hydrogens (tertiary/aromatic N) is 2. The highest BCUT2D eigenvalue weighted by Gasteiger charge is 1.98. The molecule has 27 heavy (non-hydrogen) atoms. The van der Waals surface area contributed by atoms with E-state index in [1.807, 2.05) is 48.5 Å². The molecule has 0 radical (unpaired) electrons. The molecule has 126 valence electrons. The minimum Gasteiger partial charge on any atom is -0.499 e. The fourth-order valence-corrected chi connectivity index (χ4v) is 3.43. The first-order valence-electron chi connectivity index (χ1n) is 7.71. The lowest BCUT2D eigenvalue weighted by atomic mass is 10.1. The van der Waals surface area contributed by atoms with E-state index in [1.54, 1.807) is 18.2 Å². The van der Waals surface area contributed by atoms with Gasteiger partial charge in [-0.05, 0) is 54.6 Å². The summed E-state index contributed by atoms with van der Waals surface area (Å²) in [6, 6.07) is 18.4. The molecule has 0 spiro atoms. The van der Waals surface area contributed by atoms with E-state index in [0.29, 0.717) is 0 Å². The van der Waals surface area contributed by atoms with Crippen LogP contribution in [0.3, 0.4) is 0 Å². The Morgan fingerprint density at radius 1 is 0.741 bits per heavy atom. The molecule has 3 aromatic rings. The average Bonchev–Trinajstić information content (AvgIpc) is 3.32. The van der Waals surface area contributed by atoms with Gasteiger partial charge in [-0.15, -0.1) is 11.3 Å². The Hall–Kier alpha value is -3.74. The second-order valence-electron chi connectivity index (χ2n) is 5.20. The standard InChI is InChI=1S/C22H10N2OS2/c23-14-18(15-24)13-21-10-9-19(26-21)7-5-16-1-3-17(4-2-16)6-8-20-11-12-22(25)27-20/h1-4,9-13,25H. The number of rotatable bonds is 1. The first kappa shape index (κ1) is 18.1. The molecule has 3 nitrogen and oxygen atoms in total. The fraction of sp³-hybridized carbons (Fsp3) is 0. The van der Waals surface area contributed by atoms with Crippen molar-refractivity contribution in [3.63, 3.8) is 0 Å². The molecular weight excluding hydrogens is 372 g/mol. The number of hydrogen-bond acceptors (Lipinski definition) is 5. The van der Waals surface area contributed by atoms with Gasteiger partial charge < -0.3 is 5.11 Å². The molecule has 0 unspecified atom stereocenters. The number of thiophene rings is 2. The lowest BCUT2D eigenvalue weighted by molar-refractivity contribution is 0.491. The third-order valence-electron chi connectivity index (χ3n) is 3.29. The summed E-state index contributed by atoms with van der Waals surface area (Å²) in [6.45, 7) is 0. The molecule has 0 aliphatic heterocycles. The third kappa shape index (κ3) is 5.12. The Bertz CT molecular complexity index is 1190. The topological polar surface area (TPSA) is 67.8 Å². The van der Waals surface area contributed by atoms with Gasteiger partial charge in [0.15, 0.2) is 5.06 Å². The first-order valence-corrected chi connectivity index (χ1v) is 9.34. The van der Waals surface area contributed by atoms with Crippen LogP contribution in [0, 0.1) is 46.3 Å². The summed E-state index contributed by atoms with van der Waals surface area (Å²) in [5.41, 5.74) is 1.82. The van der Waals surface area contributed by atoms with Crippen molar-refractivity contribution in [2.45, 2.75) is 0 Å². The van der Waals surface area contributed by atoms with E-state index < -0.39 is 0 Å². The van der Waals surface area contributed by atoms with Crippen molar-refractivity contribution in [2.75, 3.05) is 0 Å².